The molecule has 0 bridgehead atoms. The van der Waals surface area contributed by atoms with Gasteiger partial charge in [0.25, 0.3) is 0 Å². The van der Waals surface area contributed by atoms with E-state index in [9.17, 15) is 9.90 Å². The van der Waals surface area contributed by atoms with Gasteiger partial charge in [0.15, 0.2) is 0 Å². The smallest absolute Gasteiger partial charge is 0.303 e. The predicted octanol–water partition coefficient (Wildman–Crippen LogP) is 4.63. The van der Waals surface area contributed by atoms with Gasteiger partial charge in [-0.15, -0.1) is 0 Å². The van der Waals surface area contributed by atoms with Crippen molar-refractivity contribution in [2.45, 2.75) is 70.8 Å². The highest BCUT2D eigenvalue weighted by atomic mass is 16.6. The van der Waals surface area contributed by atoms with Crippen molar-refractivity contribution in [1.29, 1.82) is 0 Å². The number of hydrogen-bond acceptors (Lipinski definition) is 2. The summed E-state index contributed by atoms with van der Waals surface area (Å²) < 4.78 is 0. The number of carbonyl (C=O) groups is 1. The predicted molar refractivity (Wildman–Crippen MR) is 88.3 cm³/mol. The number of allylic oxidation sites excluding steroid dienone is 4. The molecule has 1 unspecified atom stereocenters. The van der Waals surface area contributed by atoms with Crippen LogP contribution in [0.4, 0.5) is 0 Å². The second kappa shape index (κ2) is 15.0. The van der Waals surface area contributed by atoms with Gasteiger partial charge in [0.05, 0.1) is 6.10 Å². The van der Waals surface area contributed by atoms with Crippen molar-refractivity contribution in [3.8, 4) is 0 Å². The lowest BCUT2D eigenvalue weighted by atomic mass is 10.1. The van der Waals surface area contributed by atoms with Crippen LogP contribution in [0.15, 0.2) is 36.5 Å². The molecule has 0 amide bonds. The van der Waals surface area contributed by atoms with E-state index >= 15 is 0 Å². The lowest BCUT2D eigenvalue weighted by Crippen LogP contribution is -1.98. The molecule has 21 heavy (non-hydrogen) atoms. The third-order valence-corrected chi connectivity index (χ3v) is 3.11. The van der Waals surface area contributed by atoms with Crippen LogP contribution < -0.4 is 0 Å². The summed E-state index contributed by atoms with van der Waals surface area (Å²) in [5.74, 6) is -0.734. The van der Waals surface area contributed by atoms with Crippen LogP contribution in [0.2, 0.25) is 0 Å². The van der Waals surface area contributed by atoms with Crippen molar-refractivity contribution in [2.24, 2.45) is 0 Å². The number of rotatable bonds is 13. The first-order chi connectivity index (χ1) is 10.2. The third kappa shape index (κ3) is 16.6. The highest BCUT2D eigenvalue weighted by molar-refractivity contribution is 5.66. The van der Waals surface area contributed by atoms with Crippen LogP contribution in [0.5, 0.6) is 0 Å². The molecule has 0 saturated heterocycles. The van der Waals surface area contributed by atoms with E-state index < -0.39 is 12.1 Å². The van der Waals surface area contributed by atoms with E-state index in [1.165, 1.54) is 19.3 Å². The largest absolute Gasteiger partial charge is 0.481 e. The maximum absolute atomic E-state index is 10.3. The fraction of sp³-hybridized carbons (Fsp3) is 0.611. The average Bonchev–Trinajstić information content (AvgIpc) is 2.45. The van der Waals surface area contributed by atoms with Crippen molar-refractivity contribution in [2.75, 3.05) is 0 Å². The van der Waals surface area contributed by atoms with Gasteiger partial charge in [-0.2, -0.15) is 0 Å². The number of hydrogen-bond donors (Lipinski definition) is 2. The molecule has 0 aromatic heterocycles. The van der Waals surface area contributed by atoms with E-state index in [1.807, 2.05) is 24.3 Å². The van der Waals surface area contributed by atoms with Crippen molar-refractivity contribution in [3.63, 3.8) is 0 Å². The minimum atomic E-state index is -0.734. The zero-order valence-electron chi connectivity index (χ0n) is 13.2. The lowest BCUT2D eigenvalue weighted by Gasteiger charge is -1.99. The van der Waals surface area contributed by atoms with E-state index in [4.69, 9.17) is 5.11 Å². The quantitative estimate of drug-likeness (QED) is 0.296. The first-order valence-electron chi connectivity index (χ1n) is 8.05. The van der Waals surface area contributed by atoms with Gasteiger partial charge in [-0.1, -0.05) is 56.2 Å². The molecule has 0 fully saturated rings. The molecule has 0 aliphatic carbocycles. The van der Waals surface area contributed by atoms with Gasteiger partial charge in [0, 0.05) is 6.42 Å². The summed E-state index contributed by atoms with van der Waals surface area (Å²) >= 11 is 0. The van der Waals surface area contributed by atoms with Gasteiger partial charge in [0.2, 0.25) is 0 Å². The van der Waals surface area contributed by atoms with Crippen LogP contribution in [-0.2, 0) is 4.79 Å². The summed E-state index contributed by atoms with van der Waals surface area (Å²) in [6.07, 6.45) is 19.5. The van der Waals surface area contributed by atoms with Gasteiger partial charge >= 0.3 is 5.97 Å². The fourth-order valence-electron chi connectivity index (χ4n) is 1.85. The van der Waals surface area contributed by atoms with Crippen LogP contribution in [0.3, 0.4) is 0 Å². The highest BCUT2D eigenvalue weighted by Crippen LogP contribution is 2.03. The lowest BCUT2D eigenvalue weighted by molar-refractivity contribution is -0.137. The van der Waals surface area contributed by atoms with E-state index in [1.54, 1.807) is 6.08 Å². The van der Waals surface area contributed by atoms with Crippen molar-refractivity contribution in [1.82, 2.24) is 0 Å². The summed E-state index contributed by atoms with van der Waals surface area (Å²) in [4.78, 5) is 10.3. The van der Waals surface area contributed by atoms with Gasteiger partial charge < -0.3 is 10.2 Å². The minimum absolute atomic E-state index is 0.240. The maximum Gasteiger partial charge on any atom is 0.303 e. The molecule has 0 saturated carbocycles. The minimum Gasteiger partial charge on any atom is -0.481 e. The first kappa shape index (κ1) is 19.7. The van der Waals surface area contributed by atoms with Crippen LogP contribution in [0.25, 0.3) is 0 Å². The molecule has 0 radical (unpaired) electrons. The van der Waals surface area contributed by atoms with Gasteiger partial charge in [-0.25, -0.2) is 0 Å². The van der Waals surface area contributed by atoms with E-state index in [0.29, 0.717) is 12.8 Å². The topological polar surface area (TPSA) is 57.5 Å². The Balaban J connectivity index is 3.55. The zero-order valence-corrected chi connectivity index (χ0v) is 13.2. The van der Waals surface area contributed by atoms with Crippen LogP contribution in [0, 0.1) is 0 Å². The number of aliphatic hydroxyl groups excluding tert-OH is 1. The Labute approximate surface area is 129 Å². The number of aliphatic hydroxyl groups is 1. The molecule has 0 heterocycles. The van der Waals surface area contributed by atoms with Crippen molar-refractivity contribution < 1.29 is 15.0 Å². The molecule has 0 aromatic rings. The summed E-state index contributed by atoms with van der Waals surface area (Å²) in [5.41, 5.74) is 0. The monoisotopic (exact) mass is 296 g/mol. The number of carboxylic acid groups (broad SMARTS) is 1. The van der Waals surface area contributed by atoms with Crippen LogP contribution in [0.1, 0.15) is 64.7 Å². The Morgan fingerprint density at radius 1 is 1.00 bits per heavy atom. The van der Waals surface area contributed by atoms with E-state index in [0.717, 1.165) is 19.3 Å². The van der Waals surface area contributed by atoms with Gasteiger partial charge in [-0.05, 0) is 38.5 Å². The molecule has 120 valence electrons. The zero-order chi connectivity index (χ0) is 15.8. The summed E-state index contributed by atoms with van der Waals surface area (Å²) in [6.45, 7) is 2.19. The van der Waals surface area contributed by atoms with Crippen molar-refractivity contribution >= 4 is 5.97 Å². The second-order valence-electron chi connectivity index (χ2n) is 5.22. The molecular formula is C18H30O3. The molecule has 0 aromatic carbocycles. The molecule has 0 rings (SSSR count). The van der Waals surface area contributed by atoms with E-state index in [-0.39, 0.29) is 6.42 Å². The second-order valence-corrected chi connectivity index (χ2v) is 5.22. The molecule has 0 spiro atoms. The normalized spacial score (nSPS) is 13.6. The maximum atomic E-state index is 10.3. The molecule has 1 atom stereocenters. The Morgan fingerprint density at radius 2 is 1.71 bits per heavy atom. The molecule has 0 aliphatic rings. The number of unbranched alkanes of at least 4 members (excludes halogenated alkanes) is 5. The number of carboxylic acids is 1. The third-order valence-electron chi connectivity index (χ3n) is 3.11. The average molecular weight is 296 g/mol. The fourth-order valence-corrected chi connectivity index (χ4v) is 1.85. The first-order valence-corrected chi connectivity index (χ1v) is 8.05. The van der Waals surface area contributed by atoms with E-state index in [2.05, 4.69) is 13.0 Å². The summed E-state index contributed by atoms with van der Waals surface area (Å²) in [6, 6.07) is 0. The standard InChI is InChI=1S/C18H30O3/c1-2-3-4-5-6-8-11-14-17(19)15-12-9-7-10-13-16-18(20)21/h6,8-9,11-12,14,17,19H,2-5,7,10,13,15-16H2,1H3,(H,20,21)/b8-6-,12-9-,14-11+/i18+2. The molecule has 2 N–H and O–H groups in total. The van der Waals surface area contributed by atoms with Crippen LogP contribution >= 0.6 is 0 Å². The van der Waals surface area contributed by atoms with Crippen molar-refractivity contribution in [3.05, 3.63) is 36.5 Å². The van der Waals surface area contributed by atoms with Gasteiger partial charge in [-0.3, -0.25) is 4.79 Å². The highest BCUT2D eigenvalue weighted by Gasteiger charge is 1.95. The van der Waals surface area contributed by atoms with Crippen LogP contribution in [-0.4, -0.2) is 22.3 Å². The molecule has 3 heteroatoms. The molecule has 3 nitrogen and oxygen atoms in total. The summed E-state index contributed by atoms with van der Waals surface area (Å²) in [5, 5.41) is 18.2. The Morgan fingerprint density at radius 3 is 2.43 bits per heavy atom. The van der Waals surface area contributed by atoms with Gasteiger partial charge in [0.1, 0.15) is 0 Å². The number of aliphatic carboxylic acids is 1. The summed E-state index contributed by atoms with van der Waals surface area (Å²) in [7, 11) is 0. The Hall–Kier alpha value is -1.35. The Kier molecular flexibility index (Phi) is 14.1. The molecular weight excluding hydrogens is 266 g/mol. The molecule has 0 aliphatic heterocycles. The Bertz CT molecular complexity index is 329. The SMILES string of the molecule is CCCCC/C=C\C=C\C(O)C/C=C\CCCC[14C](=O)O.